The number of benzene rings is 1. The highest BCUT2D eigenvalue weighted by atomic mass is 16.5. The Balaban J connectivity index is 1.70. The predicted molar refractivity (Wildman–Crippen MR) is 107 cm³/mol. The van der Waals surface area contributed by atoms with Crippen molar-refractivity contribution < 1.29 is 9.53 Å². The molecular formula is C20H27N5O2. The summed E-state index contributed by atoms with van der Waals surface area (Å²) >= 11 is 0. The standard InChI is InChI=1S/C20H27N5O2/c1-3-19(26)25(16-8-10-27-13-16)15-6-7-18-17(11-15)22-20(23(18)2)24-9-4-5-14(21)12-24/h3,6-7,11,14,16H,1,4-5,8-10,12-13,21H2,2H3. The van der Waals surface area contributed by atoms with Crippen molar-refractivity contribution in [3.63, 3.8) is 0 Å². The summed E-state index contributed by atoms with van der Waals surface area (Å²) in [6, 6.07) is 6.23. The van der Waals surface area contributed by atoms with Crippen LogP contribution in [0.15, 0.2) is 30.9 Å². The van der Waals surface area contributed by atoms with Crippen molar-refractivity contribution in [1.82, 2.24) is 9.55 Å². The molecule has 2 aliphatic heterocycles. The summed E-state index contributed by atoms with van der Waals surface area (Å²) in [6.07, 6.45) is 4.34. The molecule has 0 spiro atoms. The molecule has 7 nitrogen and oxygen atoms in total. The van der Waals surface area contributed by atoms with Crippen molar-refractivity contribution in [2.24, 2.45) is 12.8 Å². The van der Waals surface area contributed by atoms with Crippen LogP contribution < -0.4 is 15.5 Å². The molecule has 27 heavy (non-hydrogen) atoms. The number of piperidine rings is 1. The Morgan fingerprint density at radius 3 is 3.00 bits per heavy atom. The maximum Gasteiger partial charge on any atom is 0.250 e. The first-order chi connectivity index (χ1) is 13.1. The molecule has 2 N–H and O–H groups in total. The third kappa shape index (κ3) is 3.33. The zero-order valence-corrected chi connectivity index (χ0v) is 15.8. The number of imidazole rings is 1. The zero-order valence-electron chi connectivity index (χ0n) is 15.8. The molecule has 7 heteroatoms. The van der Waals surface area contributed by atoms with Crippen molar-refractivity contribution in [3.05, 3.63) is 30.9 Å². The second-order valence-corrected chi connectivity index (χ2v) is 7.42. The van der Waals surface area contributed by atoms with Gasteiger partial charge in [0.1, 0.15) is 0 Å². The molecule has 3 heterocycles. The molecule has 144 valence electrons. The topological polar surface area (TPSA) is 76.6 Å². The van der Waals surface area contributed by atoms with Crippen LogP contribution in [0.2, 0.25) is 0 Å². The van der Waals surface area contributed by atoms with E-state index in [0.29, 0.717) is 13.2 Å². The number of aryl methyl sites for hydroxylation is 1. The molecule has 0 saturated carbocycles. The van der Waals surface area contributed by atoms with Crippen molar-refractivity contribution in [2.75, 3.05) is 36.1 Å². The Morgan fingerprint density at radius 2 is 2.30 bits per heavy atom. The number of nitrogens with zero attached hydrogens (tertiary/aromatic N) is 4. The van der Waals surface area contributed by atoms with Crippen LogP contribution in [-0.2, 0) is 16.6 Å². The fourth-order valence-corrected chi connectivity index (χ4v) is 4.14. The highest BCUT2D eigenvalue weighted by Crippen LogP contribution is 2.29. The van der Waals surface area contributed by atoms with E-state index in [2.05, 4.69) is 16.0 Å². The van der Waals surface area contributed by atoms with Crippen molar-refractivity contribution in [3.8, 4) is 0 Å². The lowest BCUT2D eigenvalue weighted by Crippen LogP contribution is -2.43. The first-order valence-corrected chi connectivity index (χ1v) is 9.59. The van der Waals surface area contributed by atoms with E-state index in [1.807, 2.05) is 25.2 Å². The third-order valence-electron chi connectivity index (χ3n) is 5.54. The number of anilines is 2. The van der Waals surface area contributed by atoms with Crippen LogP contribution in [0.1, 0.15) is 19.3 Å². The molecule has 2 saturated heterocycles. The Kier molecular flexibility index (Phi) is 4.88. The monoisotopic (exact) mass is 369 g/mol. The third-order valence-corrected chi connectivity index (χ3v) is 5.54. The summed E-state index contributed by atoms with van der Waals surface area (Å²) in [6.45, 7) is 6.68. The highest BCUT2D eigenvalue weighted by Gasteiger charge is 2.28. The van der Waals surface area contributed by atoms with E-state index in [1.165, 1.54) is 6.08 Å². The molecule has 0 radical (unpaired) electrons. The second kappa shape index (κ2) is 7.32. The average molecular weight is 369 g/mol. The maximum atomic E-state index is 12.5. The molecule has 2 atom stereocenters. The van der Waals surface area contributed by atoms with Crippen LogP contribution in [0, 0.1) is 0 Å². The van der Waals surface area contributed by atoms with Gasteiger partial charge in [-0.1, -0.05) is 6.58 Å². The van der Waals surface area contributed by atoms with E-state index in [9.17, 15) is 4.79 Å². The SMILES string of the molecule is C=CC(=O)N(c1ccc2c(c1)nc(N1CCCC(N)C1)n2C)C1CCOC1. The molecule has 2 aliphatic rings. The van der Waals surface area contributed by atoms with Crippen molar-refractivity contribution >= 4 is 28.6 Å². The summed E-state index contributed by atoms with van der Waals surface area (Å²) in [5.41, 5.74) is 8.90. The molecular weight excluding hydrogens is 342 g/mol. The van der Waals surface area contributed by atoms with Crippen LogP contribution in [0.5, 0.6) is 0 Å². The summed E-state index contributed by atoms with van der Waals surface area (Å²) in [7, 11) is 2.03. The molecule has 4 rings (SSSR count). The average Bonchev–Trinajstić information content (AvgIpc) is 3.30. The maximum absolute atomic E-state index is 12.5. The number of fused-ring (bicyclic) bond motifs is 1. The van der Waals surface area contributed by atoms with Gasteiger partial charge in [0.05, 0.1) is 23.7 Å². The summed E-state index contributed by atoms with van der Waals surface area (Å²) in [5, 5.41) is 0. The quantitative estimate of drug-likeness (QED) is 0.832. The minimum absolute atomic E-state index is 0.0382. The zero-order chi connectivity index (χ0) is 19.0. The summed E-state index contributed by atoms with van der Waals surface area (Å²) in [5.74, 6) is 0.825. The molecule has 1 aromatic heterocycles. The smallest absolute Gasteiger partial charge is 0.250 e. The Hall–Kier alpha value is -2.38. The van der Waals surface area contributed by atoms with Crippen LogP contribution in [0.3, 0.4) is 0 Å². The molecule has 2 fully saturated rings. The molecule has 0 aliphatic carbocycles. The van der Waals surface area contributed by atoms with Crippen molar-refractivity contribution in [1.29, 1.82) is 0 Å². The molecule has 2 aromatic rings. The number of nitrogens with two attached hydrogens (primary N) is 1. The van der Waals surface area contributed by atoms with Gasteiger partial charge in [0.15, 0.2) is 0 Å². The summed E-state index contributed by atoms with van der Waals surface area (Å²) in [4.78, 5) is 21.4. The van der Waals surface area contributed by atoms with E-state index in [-0.39, 0.29) is 18.0 Å². The van der Waals surface area contributed by atoms with Crippen LogP contribution in [0.4, 0.5) is 11.6 Å². The second-order valence-electron chi connectivity index (χ2n) is 7.42. The van der Waals surface area contributed by atoms with E-state index in [4.69, 9.17) is 15.5 Å². The lowest BCUT2D eigenvalue weighted by Gasteiger charge is -2.31. The molecule has 0 bridgehead atoms. The van der Waals surface area contributed by atoms with Gasteiger partial charge >= 0.3 is 0 Å². The number of amides is 1. The lowest BCUT2D eigenvalue weighted by atomic mass is 10.1. The number of rotatable bonds is 4. The first-order valence-electron chi connectivity index (χ1n) is 9.59. The number of carbonyl (C=O) groups excluding carboxylic acids is 1. The number of hydrogen-bond acceptors (Lipinski definition) is 5. The van der Waals surface area contributed by atoms with E-state index in [1.54, 1.807) is 4.90 Å². The molecule has 2 unspecified atom stereocenters. The van der Waals surface area contributed by atoms with Crippen LogP contribution in [-0.4, -0.2) is 53.8 Å². The van der Waals surface area contributed by atoms with E-state index < -0.39 is 0 Å². The molecule has 1 amide bonds. The van der Waals surface area contributed by atoms with Gasteiger partial charge in [0.2, 0.25) is 5.95 Å². The fraction of sp³-hybridized carbons (Fsp3) is 0.500. The number of hydrogen-bond donors (Lipinski definition) is 1. The first kappa shape index (κ1) is 18.0. The normalized spacial score (nSPS) is 23.0. The molecule has 1 aromatic carbocycles. The predicted octanol–water partition coefficient (Wildman–Crippen LogP) is 1.81. The number of carbonyl (C=O) groups is 1. The number of aromatic nitrogens is 2. The summed E-state index contributed by atoms with van der Waals surface area (Å²) < 4.78 is 7.59. The fourth-order valence-electron chi connectivity index (χ4n) is 4.14. The van der Waals surface area contributed by atoms with Crippen LogP contribution >= 0.6 is 0 Å². The van der Waals surface area contributed by atoms with E-state index >= 15 is 0 Å². The minimum atomic E-state index is -0.108. The van der Waals surface area contributed by atoms with Gasteiger partial charge < -0.3 is 24.8 Å². The van der Waals surface area contributed by atoms with Gasteiger partial charge in [-0.3, -0.25) is 4.79 Å². The van der Waals surface area contributed by atoms with Crippen LogP contribution in [0.25, 0.3) is 11.0 Å². The number of ether oxygens (including phenoxy) is 1. The van der Waals surface area contributed by atoms with Gasteiger partial charge in [-0.15, -0.1) is 0 Å². The minimum Gasteiger partial charge on any atom is -0.379 e. The van der Waals surface area contributed by atoms with E-state index in [0.717, 1.165) is 55.0 Å². The lowest BCUT2D eigenvalue weighted by molar-refractivity contribution is -0.114. The van der Waals surface area contributed by atoms with Gasteiger partial charge in [-0.25, -0.2) is 4.98 Å². The highest BCUT2D eigenvalue weighted by molar-refractivity contribution is 6.02. The van der Waals surface area contributed by atoms with Gasteiger partial charge in [0.25, 0.3) is 5.91 Å². The van der Waals surface area contributed by atoms with Crippen molar-refractivity contribution in [2.45, 2.75) is 31.3 Å². The Labute approximate surface area is 159 Å². The Bertz CT molecular complexity index is 855. The van der Waals surface area contributed by atoms with Gasteiger partial charge in [0, 0.05) is 38.5 Å². The van der Waals surface area contributed by atoms with Gasteiger partial charge in [-0.05, 0) is 43.5 Å². The Morgan fingerprint density at radius 1 is 1.44 bits per heavy atom. The largest absolute Gasteiger partial charge is 0.379 e. The van der Waals surface area contributed by atoms with Gasteiger partial charge in [-0.2, -0.15) is 0 Å².